The van der Waals surface area contributed by atoms with E-state index in [4.69, 9.17) is 18.6 Å². The first-order chi connectivity index (χ1) is 19.5. The van der Waals surface area contributed by atoms with E-state index in [1.165, 1.54) is 61.3 Å². The molecule has 0 spiro atoms. The van der Waals surface area contributed by atoms with Gasteiger partial charge in [-0.2, -0.15) is 0 Å². The van der Waals surface area contributed by atoms with Gasteiger partial charge in [0.25, 0.3) is 0 Å². The third-order valence-electron chi connectivity index (χ3n) is 8.13. The van der Waals surface area contributed by atoms with E-state index in [0.717, 1.165) is 11.1 Å². The van der Waals surface area contributed by atoms with Crippen molar-refractivity contribution in [1.82, 2.24) is 0 Å². The van der Waals surface area contributed by atoms with E-state index >= 15 is 0 Å². The SMILES string of the molecule is CC(C)(C)c1cc(O)c(O)c(C(C)(C)C)c1.CC[N+](CC)(CC)CC.CC[N+](CC)(CC)CC.[C-]#[O+].[C-]#[O+].[C-]#[O+].[C-]#[O+].[Mo]. The molecule has 0 amide bonds. The van der Waals surface area contributed by atoms with Gasteiger partial charge in [0.2, 0.25) is 0 Å². The maximum absolute atomic E-state index is 9.87. The summed E-state index contributed by atoms with van der Waals surface area (Å²) in [5, 5.41) is 19.6. The van der Waals surface area contributed by atoms with Crippen molar-refractivity contribution >= 4 is 0 Å². The van der Waals surface area contributed by atoms with Crippen LogP contribution in [-0.4, -0.2) is 71.5 Å². The average Bonchev–Trinajstić information content (AvgIpc) is 3.01. The van der Waals surface area contributed by atoms with Crippen LogP contribution in [0.15, 0.2) is 12.1 Å². The third kappa shape index (κ3) is 23.4. The Morgan fingerprint density at radius 2 is 0.744 bits per heavy atom. The number of nitrogens with zero attached hydrogens (tertiary/aromatic N) is 2. The summed E-state index contributed by atoms with van der Waals surface area (Å²) in [6, 6.07) is 3.62. The zero-order valence-electron chi connectivity index (χ0n) is 29.6. The number of phenols is 2. The number of benzene rings is 1. The van der Waals surface area contributed by atoms with Gasteiger partial charge in [0.15, 0.2) is 11.5 Å². The van der Waals surface area contributed by atoms with Crippen molar-refractivity contribution in [2.45, 2.75) is 108 Å². The second-order valence-electron chi connectivity index (χ2n) is 11.6. The molecule has 1 rings (SSSR count). The van der Waals surface area contributed by atoms with Crippen molar-refractivity contribution < 1.29 is 58.9 Å². The number of hydrogen-bond donors (Lipinski definition) is 2. The topological polar surface area (TPSA) is 120 Å². The zero-order chi connectivity index (χ0) is 35.4. The monoisotopic (exact) mass is 692 g/mol. The summed E-state index contributed by atoms with van der Waals surface area (Å²) in [6.45, 7) is 58.8. The molecule has 9 heteroatoms. The smallest absolute Gasteiger partial charge is 0 e. The Hall–Kier alpha value is -1.61. The zero-order valence-corrected chi connectivity index (χ0v) is 31.6. The van der Waals surface area contributed by atoms with Crippen LogP contribution in [0.25, 0.3) is 0 Å². The van der Waals surface area contributed by atoms with E-state index in [-0.39, 0.29) is 43.4 Å². The van der Waals surface area contributed by atoms with Gasteiger partial charge in [0, 0.05) is 26.6 Å². The average molecular weight is 691 g/mol. The van der Waals surface area contributed by atoms with Crippen LogP contribution in [0.2, 0.25) is 0 Å². The third-order valence-corrected chi connectivity index (χ3v) is 8.13. The second kappa shape index (κ2) is 31.8. The van der Waals surface area contributed by atoms with Crippen LogP contribution < -0.4 is 0 Å². The van der Waals surface area contributed by atoms with E-state index in [9.17, 15) is 10.2 Å². The maximum atomic E-state index is 9.87. The molecule has 0 saturated heterocycles. The summed E-state index contributed by atoms with van der Waals surface area (Å²) in [4.78, 5) is 0. The molecule has 2 N–H and O–H groups in total. The number of quaternary nitrogens is 2. The van der Waals surface area contributed by atoms with Gasteiger partial charge in [-0.3, -0.25) is 0 Å². The molecule has 43 heavy (non-hydrogen) atoms. The van der Waals surface area contributed by atoms with Crippen molar-refractivity contribution in [2.24, 2.45) is 0 Å². The van der Waals surface area contributed by atoms with Crippen molar-refractivity contribution in [3.8, 4) is 11.5 Å². The number of phenolic OH excluding ortho intramolecular Hbond substituents is 2. The van der Waals surface area contributed by atoms with Gasteiger partial charge in [-0.15, -0.1) is 0 Å². The van der Waals surface area contributed by atoms with Crippen LogP contribution in [0, 0.1) is 26.6 Å². The van der Waals surface area contributed by atoms with E-state index in [1.54, 1.807) is 6.07 Å². The fourth-order valence-corrected chi connectivity index (χ4v) is 4.31. The summed E-state index contributed by atoms with van der Waals surface area (Å²) in [5.74, 6) is -0.0298. The minimum atomic E-state index is -0.178. The van der Waals surface area contributed by atoms with Crippen molar-refractivity contribution in [2.75, 3.05) is 52.4 Å². The molecule has 0 fully saturated rings. The van der Waals surface area contributed by atoms with Crippen LogP contribution in [0.5, 0.6) is 11.5 Å². The molecule has 1 aromatic rings. The standard InChI is InChI=1S/C14H22O2.2C8H20N.4CO.Mo/c1-13(2,3)9-7-10(14(4,5)6)12(16)11(15)8-9;2*1-5-9(6-2,7-3)8-4;4*1-2;/h7-8,15-16H,1-6H3;2*5-8H2,1-4H3;;;;;/q;2*+1;;;;;. The minimum absolute atomic E-state index is 0. The predicted octanol–water partition coefficient (Wildman–Crippen LogP) is 7.31. The first-order valence-electron chi connectivity index (χ1n) is 14.6. The molecule has 0 atom stereocenters. The fraction of sp³-hybridized carbons (Fsp3) is 0.706. The Kier molecular flexibility index (Phi) is 42.2. The van der Waals surface area contributed by atoms with Crippen molar-refractivity contribution in [3.63, 3.8) is 0 Å². The molecule has 0 unspecified atom stereocenters. The molecule has 0 heterocycles. The Labute approximate surface area is 279 Å². The van der Waals surface area contributed by atoms with Crippen LogP contribution in [0.4, 0.5) is 0 Å². The molecule has 0 aliphatic heterocycles. The Morgan fingerprint density at radius 3 is 0.884 bits per heavy atom. The van der Waals surface area contributed by atoms with E-state index in [2.05, 4.69) is 103 Å². The van der Waals surface area contributed by atoms with Gasteiger partial charge in [-0.05, 0) is 77.8 Å². The molecule has 8 nitrogen and oxygen atoms in total. The molecule has 0 saturated carbocycles. The summed E-state index contributed by atoms with van der Waals surface area (Å²) >= 11 is 0. The quantitative estimate of drug-likeness (QED) is 0.0978. The largest absolute Gasteiger partial charge is 0 e. The normalized spacial score (nSPS) is 10.0. The van der Waals surface area contributed by atoms with Gasteiger partial charge in [-0.1, -0.05) is 47.6 Å². The molecule has 0 aromatic heterocycles. The molecule has 1 aromatic carbocycles. The molecular formula is C34H62MoN2O6+2. The molecule has 0 aliphatic rings. The van der Waals surface area contributed by atoms with Crippen LogP contribution in [-0.2, 0) is 50.5 Å². The molecular weight excluding hydrogens is 628 g/mol. The van der Waals surface area contributed by atoms with E-state index in [0.29, 0.717) is 0 Å². The van der Waals surface area contributed by atoms with Crippen LogP contribution >= 0.6 is 0 Å². The first-order valence-corrected chi connectivity index (χ1v) is 14.6. The summed E-state index contributed by atoms with van der Waals surface area (Å²) < 4.78 is 32.6. The van der Waals surface area contributed by atoms with Crippen molar-refractivity contribution in [1.29, 1.82) is 0 Å². The Balaban J connectivity index is -0.0000000836. The van der Waals surface area contributed by atoms with Gasteiger partial charge in [0.1, 0.15) is 0 Å². The van der Waals surface area contributed by atoms with Gasteiger partial charge in [0.05, 0.1) is 52.4 Å². The van der Waals surface area contributed by atoms with E-state index < -0.39 is 0 Å². The minimum Gasteiger partial charge on any atom is 0 e. The van der Waals surface area contributed by atoms with Gasteiger partial charge >= 0.3 is 45.2 Å². The summed E-state index contributed by atoms with van der Waals surface area (Å²) in [6.07, 6.45) is 0. The second-order valence-corrected chi connectivity index (χ2v) is 11.6. The van der Waals surface area contributed by atoms with Crippen LogP contribution in [0.3, 0.4) is 0 Å². The summed E-state index contributed by atoms with van der Waals surface area (Å²) in [7, 11) is 0. The molecule has 0 aliphatic carbocycles. The maximum Gasteiger partial charge on any atom is 0 e. The Morgan fingerprint density at radius 1 is 0.512 bits per heavy atom. The fourth-order valence-electron chi connectivity index (χ4n) is 4.31. The van der Waals surface area contributed by atoms with Gasteiger partial charge < -0.3 is 19.2 Å². The Bertz CT molecular complexity index is 779. The summed E-state index contributed by atoms with van der Waals surface area (Å²) in [5.41, 5.74) is 1.61. The van der Waals surface area contributed by atoms with Crippen molar-refractivity contribution in [3.05, 3.63) is 49.9 Å². The molecule has 0 radical (unpaired) electrons. The molecule has 248 valence electrons. The van der Waals surface area contributed by atoms with Crippen LogP contribution in [0.1, 0.15) is 108 Å². The molecule has 0 bridgehead atoms. The predicted molar refractivity (Wildman–Crippen MR) is 168 cm³/mol. The number of hydrogen-bond acceptors (Lipinski definition) is 2. The van der Waals surface area contributed by atoms with E-state index in [1.807, 2.05) is 26.8 Å². The first kappa shape index (κ1) is 57.1. The number of aromatic hydroxyl groups is 2. The van der Waals surface area contributed by atoms with Gasteiger partial charge in [-0.25, -0.2) is 0 Å². The number of rotatable bonds is 8.